The molecule has 2 N–H and O–H groups in total. The second kappa shape index (κ2) is 38.1. The Morgan fingerprint density at radius 1 is 0.620 bits per heavy atom. The van der Waals surface area contributed by atoms with Gasteiger partial charge in [-0.05, 0) is 50.9 Å². The zero-order valence-corrected chi connectivity index (χ0v) is 32.7. The Bertz CT molecular complexity index is 874. The maximum atomic E-state index is 12.2. The molecule has 290 valence electrons. The molecular weight excluding hydrogens is 624 g/mol. The van der Waals surface area contributed by atoms with Crippen LogP contribution in [0.25, 0.3) is 0 Å². The Labute approximate surface area is 308 Å². The highest BCUT2D eigenvalue weighted by Gasteiger charge is 2.16. The van der Waals surface area contributed by atoms with E-state index in [1.807, 2.05) is 30.4 Å². The third-order valence-electron chi connectivity index (χ3n) is 8.88. The van der Waals surface area contributed by atoms with Crippen LogP contribution in [-0.2, 0) is 19.1 Å². The average Bonchev–Trinajstić information content (AvgIpc) is 3.10. The van der Waals surface area contributed by atoms with Crippen LogP contribution in [0.4, 0.5) is 0 Å². The number of allylic oxidation sites excluding steroid dienone is 6. The Hall–Kier alpha value is -2.18. The van der Waals surface area contributed by atoms with Crippen LogP contribution in [0.5, 0.6) is 0 Å². The Kier molecular flexibility index (Phi) is 36.4. The van der Waals surface area contributed by atoms with Crippen LogP contribution in [0.3, 0.4) is 0 Å². The van der Waals surface area contributed by atoms with Crippen LogP contribution in [0.15, 0.2) is 48.6 Å². The minimum Gasteiger partial charge on any atom is -0.462 e. The normalized spacial score (nSPS) is 13.4. The Morgan fingerprint density at radius 2 is 1.18 bits per heavy atom. The third-order valence-corrected chi connectivity index (χ3v) is 8.88. The van der Waals surface area contributed by atoms with Gasteiger partial charge >= 0.3 is 11.9 Å². The minimum absolute atomic E-state index is 0.104. The van der Waals surface area contributed by atoms with Crippen LogP contribution in [0.1, 0.15) is 188 Å². The van der Waals surface area contributed by atoms with E-state index in [9.17, 15) is 19.8 Å². The van der Waals surface area contributed by atoms with Crippen molar-refractivity contribution in [3.05, 3.63) is 48.6 Å². The summed E-state index contributed by atoms with van der Waals surface area (Å²) in [5.74, 6) is 0.155. The van der Waals surface area contributed by atoms with E-state index in [1.165, 1.54) is 103 Å². The molecule has 0 rings (SSSR count). The van der Waals surface area contributed by atoms with Gasteiger partial charge in [-0.2, -0.15) is 0 Å². The van der Waals surface area contributed by atoms with Crippen molar-refractivity contribution in [1.82, 2.24) is 0 Å². The van der Waals surface area contributed by atoms with Crippen molar-refractivity contribution >= 4 is 11.9 Å². The lowest BCUT2D eigenvalue weighted by Crippen LogP contribution is -2.28. The van der Waals surface area contributed by atoms with E-state index < -0.39 is 18.2 Å². The maximum Gasteiger partial charge on any atom is 0.306 e. The Balaban J connectivity index is 3.69. The largest absolute Gasteiger partial charge is 0.462 e. The third kappa shape index (κ3) is 37.1. The highest BCUT2D eigenvalue weighted by molar-refractivity contribution is 5.70. The lowest BCUT2D eigenvalue weighted by Gasteiger charge is -2.15. The fourth-order valence-corrected chi connectivity index (χ4v) is 5.70. The van der Waals surface area contributed by atoms with Gasteiger partial charge in [0.25, 0.3) is 0 Å². The first-order valence-electron chi connectivity index (χ1n) is 20.7. The molecule has 2 atom stereocenters. The predicted molar refractivity (Wildman–Crippen MR) is 211 cm³/mol. The second-order valence-electron chi connectivity index (χ2n) is 14.4. The summed E-state index contributed by atoms with van der Waals surface area (Å²) >= 11 is 0. The van der Waals surface area contributed by atoms with Crippen molar-refractivity contribution in [3.63, 3.8) is 0 Å². The van der Waals surface area contributed by atoms with E-state index in [-0.39, 0.29) is 25.6 Å². The average molecular weight is 703 g/mol. The van der Waals surface area contributed by atoms with Gasteiger partial charge in [0.15, 0.2) is 6.10 Å². The molecule has 0 aromatic heterocycles. The van der Waals surface area contributed by atoms with Gasteiger partial charge in [-0.25, -0.2) is 0 Å². The molecule has 50 heavy (non-hydrogen) atoms. The molecule has 0 spiro atoms. The lowest BCUT2D eigenvalue weighted by atomic mass is 10.0. The molecule has 0 aliphatic carbocycles. The van der Waals surface area contributed by atoms with Gasteiger partial charge in [-0.3, -0.25) is 9.59 Å². The van der Waals surface area contributed by atoms with Crippen LogP contribution < -0.4 is 0 Å². The highest BCUT2D eigenvalue weighted by Crippen LogP contribution is 2.15. The number of rotatable bonds is 36. The van der Waals surface area contributed by atoms with Gasteiger partial charge in [0.05, 0.1) is 12.7 Å². The summed E-state index contributed by atoms with van der Waals surface area (Å²) < 4.78 is 10.6. The number of esters is 2. The number of hydrogen-bond donors (Lipinski definition) is 2. The summed E-state index contributed by atoms with van der Waals surface area (Å²) in [5, 5.41) is 19.5. The van der Waals surface area contributed by atoms with Crippen LogP contribution in [-0.4, -0.2) is 47.6 Å². The molecule has 0 saturated heterocycles. The monoisotopic (exact) mass is 703 g/mol. The lowest BCUT2D eigenvalue weighted by molar-refractivity contribution is -0.161. The molecule has 0 aromatic carbocycles. The van der Waals surface area contributed by atoms with Gasteiger partial charge in [-0.1, -0.05) is 179 Å². The molecule has 0 radical (unpaired) electrons. The van der Waals surface area contributed by atoms with Gasteiger partial charge in [0.1, 0.15) is 6.61 Å². The molecule has 6 nitrogen and oxygen atoms in total. The first-order valence-corrected chi connectivity index (χ1v) is 20.7. The first-order chi connectivity index (χ1) is 24.4. The molecule has 0 bridgehead atoms. The zero-order chi connectivity index (χ0) is 36.8. The number of aliphatic hydroxyl groups excluding tert-OH is 2. The fraction of sp³-hybridized carbons (Fsp3) is 0.773. The van der Waals surface area contributed by atoms with E-state index in [4.69, 9.17) is 9.47 Å². The van der Waals surface area contributed by atoms with E-state index in [1.54, 1.807) is 6.08 Å². The number of carbonyl (C=O) groups excluding carboxylic acids is 2. The SMILES string of the molecule is CCCCC/C=C\C[C@H](O)/C=C/C=C\C/C=C\CCCC(=O)O[C@@H](CO)COC(=O)CCCCCCCCCCCCCCCCCC(C)C. The fourth-order valence-electron chi connectivity index (χ4n) is 5.70. The summed E-state index contributed by atoms with van der Waals surface area (Å²) in [6.07, 6.45) is 43.5. The molecule has 6 heteroatoms. The number of hydrogen-bond acceptors (Lipinski definition) is 6. The van der Waals surface area contributed by atoms with Crippen molar-refractivity contribution in [2.45, 2.75) is 200 Å². The van der Waals surface area contributed by atoms with Gasteiger partial charge in [0, 0.05) is 12.8 Å². The van der Waals surface area contributed by atoms with E-state index in [0.717, 1.165) is 44.4 Å². The second-order valence-corrected chi connectivity index (χ2v) is 14.4. The van der Waals surface area contributed by atoms with E-state index in [0.29, 0.717) is 19.3 Å². The van der Waals surface area contributed by atoms with Crippen molar-refractivity contribution < 1.29 is 29.3 Å². The van der Waals surface area contributed by atoms with Gasteiger partial charge < -0.3 is 19.7 Å². The van der Waals surface area contributed by atoms with E-state index in [2.05, 4.69) is 32.9 Å². The molecule has 0 aliphatic heterocycles. The predicted octanol–water partition coefficient (Wildman–Crippen LogP) is 11.8. The molecule has 0 aliphatic rings. The van der Waals surface area contributed by atoms with Gasteiger partial charge in [0.2, 0.25) is 0 Å². The van der Waals surface area contributed by atoms with Gasteiger partial charge in [-0.15, -0.1) is 0 Å². The molecule has 0 amide bonds. The van der Waals surface area contributed by atoms with Crippen LogP contribution >= 0.6 is 0 Å². The van der Waals surface area contributed by atoms with Crippen molar-refractivity contribution in [3.8, 4) is 0 Å². The van der Waals surface area contributed by atoms with Crippen molar-refractivity contribution in [2.24, 2.45) is 5.92 Å². The number of aliphatic hydroxyl groups is 2. The number of carbonyl (C=O) groups is 2. The quantitative estimate of drug-likeness (QED) is 0.0292. The highest BCUT2D eigenvalue weighted by atomic mass is 16.6. The van der Waals surface area contributed by atoms with Crippen LogP contribution in [0.2, 0.25) is 0 Å². The summed E-state index contributed by atoms with van der Waals surface area (Å²) in [7, 11) is 0. The topological polar surface area (TPSA) is 93.1 Å². The molecule has 0 unspecified atom stereocenters. The molecular formula is C44H78O6. The minimum atomic E-state index is -0.819. The molecule has 0 saturated carbocycles. The summed E-state index contributed by atoms with van der Waals surface area (Å²) in [4.78, 5) is 24.3. The standard InChI is InChI=1S/C44H78O6/c1-4-5-6-7-24-29-34-41(46)35-30-25-20-17-18-22-27-32-37-44(48)50-42(38-45)39-49-43(47)36-31-26-21-16-14-12-10-8-9-11-13-15-19-23-28-33-40(2)3/h18,20,22,24-25,29-30,35,40-42,45-46H,4-17,19,21,23,26-28,31-34,36-39H2,1-3H3/b22-18-,25-20-,29-24-,35-30+/t41-,42-/m0/s1. The van der Waals surface area contributed by atoms with Crippen molar-refractivity contribution in [1.29, 1.82) is 0 Å². The summed E-state index contributed by atoms with van der Waals surface area (Å²) in [6, 6.07) is 0. The Morgan fingerprint density at radius 3 is 1.78 bits per heavy atom. The molecule has 0 heterocycles. The molecule has 0 aromatic rings. The summed E-state index contributed by atoms with van der Waals surface area (Å²) in [6.45, 7) is 6.35. The summed E-state index contributed by atoms with van der Waals surface area (Å²) in [5.41, 5.74) is 0. The maximum absolute atomic E-state index is 12.2. The zero-order valence-electron chi connectivity index (χ0n) is 32.7. The number of ether oxygens (including phenoxy) is 2. The first kappa shape index (κ1) is 47.8. The van der Waals surface area contributed by atoms with E-state index >= 15 is 0 Å². The molecule has 0 fully saturated rings. The van der Waals surface area contributed by atoms with Crippen molar-refractivity contribution in [2.75, 3.05) is 13.2 Å². The smallest absolute Gasteiger partial charge is 0.306 e. The van der Waals surface area contributed by atoms with Crippen LogP contribution in [0, 0.1) is 5.92 Å². The number of unbranched alkanes of at least 4 members (excludes halogenated alkanes) is 18.